The molecule has 0 bridgehead atoms. The van der Waals surface area contributed by atoms with Gasteiger partial charge in [0.25, 0.3) is 5.91 Å². The van der Waals surface area contributed by atoms with Crippen LogP contribution in [-0.2, 0) is 0 Å². The first-order chi connectivity index (χ1) is 11.2. The molecule has 3 aromatic rings. The van der Waals surface area contributed by atoms with E-state index in [1.54, 1.807) is 35.1 Å². The molecule has 0 saturated heterocycles. The summed E-state index contributed by atoms with van der Waals surface area (Å²) in [5.41, 5.74) is 3.30. The summed E-state index contributed by atoms with van der Waals surface area (Å²) in [5, 5.41) is 16.1. The van der Waals surface area contributed by atoms with Crippen LogP contribution in [0.3, 0.4) is 0 Å². The van der Waals surface area contributed by atoms with Gasteiger partial charge in [0.2, 0.25) is 0 Å². The van der Waals surface area contributed by atoms with Gasteiger partial charge in [-0.15, -0.1) is 0 Å². The minimum Gasteiger partial charge on any atom is -0.319 e. The van der Waals surface area contributed by atoms with Crippen LogP contribution in [0.15, 0.2) is 60.8 Å². The van der Waals surface area contributed by atoms with Gasteiger partial charge in [0.1, 0.15) is 0 Å². The lowest BCUT2D eigenvalue weighted by molar-refractivity contribution is 0.102. The van der Waals surface area contributed by atoms with E-state index in [0.717, 1.165) is 11.4 Å². The Bertz CT molecular complexity index is 891. The highest BCUT2D eigenvalue weighted by Gasteiger charge is 2.12. The van der Waals surface area contributed by atoms with Gasteiger partial charge in [0.15, 0.2) is 0 Å². The quantitative estimate of drug-likeness (QED) is 0.807. The number of benzene rings is 2. The van der Waals surface area contributed by atoms with Gasteiger partial charge in [0, 0.05) is 5.56 Å². The zero-order valence-electron chi connectivity index (χ0n) is 12.5. The normalized spacial score (nSPS) is 10.1. The van der Waals surface area contributed by atoms with Gasteiger partial charge in [0.05, 0.1) is 34.9 Å². The Balaban J connectivity index is 1.85. The van der Waals surface area contributed by atoms with Gasteiger partial charge in [-0.25, -0.2) is 4.68 Å². The van der Waals surface area contributed by atoms with E-state index < -0.39 is 0 Å². The van der Waals surface area contributed by atoms with Crippen molar-refractivity contribution in [3.05, 3.63) is 77.6 Å². The lowest BCUT2D eigenvalue weighted by atomic mass is 10.1. The van der Waals surface area contributed by atoms with E-state index in [9.17, 15) is 4.79 Å². The summed E-state index contributed by atoms with van der Waals surface area (Å²) in [5.74, 6) is -0.266. The maximum Gasteiger partial charge on any atom is 0.255 e. The van der Waals surface area contributed by atoms with Gasteiger partial charge < -0.3 is 5.32 Å². The number of aromatic nitrogens is 2. The number of nitrogens with one attached hydrogen (secondary N) is 1. The van der Waals surface area contributed by atoms with Crippen LogP contribution in [0, 0.1) is 18.3 Å². The molecule has 1 aromatic heterocycles. The number of hydrogen-bond donors (Lipinski definition) is 1. The maximum atomic E-state index is 12.3. The van der Waals surface area contributed by atoms with Gasteiger partial charge in [-0.3, -0.25) is 4.79 Å². The highest BCUT2D eigenvalue weighted by molar-refractivity contribution is 6.04. The topological polar surface area (TPSA) is 70.7 Å². The van der Waals surface area contributed by atoms with Crippen molar-refractivity contribution in [3.8, 4) is 11.8 Å². The molecule has 0 atom stereocenters. The number of hydrogen-bond acceptors (Lipinski definition) is 3. The fraction of sp³-hybridized carbons (Fsp3) is 0.0556. The molecule has 1 heterocycles. The van der Waals surface area contributed by atoms with E-state index in [1.807, 2.05) is 43.3 Å². The molecule has 1 amide bonds. The zero-order valence-corrected chi connectivity index (χ0v) is 12.5. The van der Waals surface area contributed by atoms with E-state index in [2.05, 4.69) is 10.4 Å². The van der Waals surface area contributed by atoms with Crippen molar-refractivity contribution in [1.82, 2.24) is 9.78 Å². The molecule has 3 rings (SSSR count). The van der Waals surface area contributed by atoms with Gasteiger partial charge in [-0.05, 0) is 37.3 Å². The average molecular weight is 302 g/mol. The molecule has 0 aliphatic rings. The van der Waals surface area contributed by atoms with E-state index >= 15 is 0 Å². The Morgan fingerprint density at radius 1 is 1.17 bits per heavy atom. The number of para-hydroxylation sites is 1. The fourth-order valence-electron chi connectivity index (χ4n) is 2.29. The number of amides is 1. The minimum absolute atomic E-state index is 0.266. The Morgan fingerprint density at radius 3 is 2.70 bits per heavy atom. The highest BCUT2D eigenvalue weighted by atomic mass is 16.1. The standard InChI is InChI=1S/C18H14N4O/c1-13-17(12-20-22(13)16-8-3-2-4-9-16)21-18(23)15-7-5-6-14(10-15)11-19/h2-10,12H,1H3,(H,21,23). The summed E-state index contributed by atoms with van der Waals surface area (Å²) in [6.07, 6.45) is 1.62. The monoisotopic (exact) mass is 302 g/mol. The second kappa shape index (κ2) is 6.16. The molecular weight excluding hydrogens is 288 g/mol. The summed E-state index contributed by atoms with van der Waals surface area (Å²) < 4.78 is 1.77. The molecule has 0 unspecified atom stereocenters. The molecular formula is C18H14N4O. The molecule has 5 heteroatoms. The van der Waals surface area contributed by atoms with Crippen LogP contribution in [0.5, 0.6) is 0 Å². The van der Waals surface area contributed by atoms with Crippen LogP contribution in [-0.4, -0.2) is 15.7 Å². The maximum absolute atomic E-state index is 12.3. The number of nitrogens with zero attached hydrogens (tertiary/aromatic N) is 3. The number of rotatable bonds is 3. The Kier molecular flexibility index (Phi) is 3.89. The minimum atomic E-state index is -0.266. The SMILES string of the molecule is Cc1c(NC(=O)c2cccc(C#N)c2)cnn1-c1ccccc1. The number of carbonyl (C=O) groups is 1. The first kappa shape index (κ1) is 14.5. The van der Waals surface area contributed by atoms with Crippen LogP contribution >= 0.6 is 0 Å². The predicted octanol–water partition coefficient (Wildman–Crippen LogP) is 3.30. The van der Waals surface area contributed by atoms with Crippen molar-refractivity contribution in [2.75, 3.05) is 5.32 Å². The lowest BCUT2D eigenvalue weighted by Crippen LogP contribution is -2.12. The largest absolute Gasteiger partial charge is 0.319 e. The fourth-order valence-corrected chi connectivity index (χ4v) is 2.29. The van der Waals surface area contributed by atoms with Crippen molar-refractivity contribution in [1.29, 1.82) is 5.26 Å². The van der Waals surface area contributed by atoms with E-state index in [1.165, 1.54) is 0 Å². The molecule has 0 saturated carbocycles. The Labute approximate surface area is 133 Å². The molecule has 5 nitrogen and oxygen atoms in total. The summed E-state index contributed by atoms with van der Waals surface area (Å²) in [7, 11) is 0. The van der Waals surface area contributed by atoms with Crippen molar-refractivity contribution in [3.63, 3.8) is 0 Å². The van der Waals surface area contributed by atoms with Gasteiger partial charge >= 0.3 is 0 Å². The molecule has 0 fully saturated rings. The zero-order chi connectivity index (χ0) is 16.2. The van der Waals surface area contributed by atoms with Crippen LogP contribution < -0.4 is 5.32 Å². The number of nitriles is 1. The second-order valence-electron chi connectivity index (χ2n) is 5.04. The van der Waals surface area contributed by atoms with Crippen LogP contribution in [0.4, 0.5) is 5.69 Å². The van der Waals surface area contributed by atoms with Crippen molar-refractivity contribution in [2.45, 2.75) is 6.92 Å². The molecule has 112 valence electrons. The number of carbonyl (C=O) groups excluding carboxylic acids is 1. The van der Waals surface area contributed by atoms with E-state index in [4.69, 9.17) is 5.26 Å². The molecule has 0 spiro atoms. The van der Waals surface area contributed by atoms with Crippen LogP contribution in [0.25, 0.3) is 5.69 Å². The van der Waals surface area contributed by atoms with Crippen LogP contribution in [0.2, 0.25) is 0 Å². The van der Waals surface area contributed by atoms with Gasteiger partial charge in [-0.2, -0.15) is 10.4 Å². The highest BCUT2D eigenvalue weighted by Crippen LogP contribution is 2.19. The Hall–Kier alpha value is -3.39. The Morgan fingerprint density at radius 2 is 1.96 bits per heavy atom. The van der Waals surface area contributed by atoms with Crippen molar-refractivity contribution < 1.29 is 4.79 Å². The summed E-state index contributed by atoms with van der Waals surface area (Å²) in [6, 6.07) is 18.3. The summed E-state index contributed by atoms with van der Waals surface area (Å²) in [4.78, 5) is 12.3. The van der Waals surface area contributed by atoms with Gasteiger partial charge in [-0.1, -0.05) is 24.3 Å². The molecule has 0 aliphatic heterocycles. The first-order valence-electron chi connectivity index (χ1n) is 7.10. The second-order valence-corrected chi connectivity index (χ2v) is 5.04. The first-order valence-corrected chi connectivity index (χ1v) is 7.10. The van der Waals surface area contributed by atoms with Crippen molar-refractivity contribution >= 4 is 11.6 Å². The predicted molar refractivity (Wildman–Crippen MR) is 87.4 cm³/mol. The lowest BCUT2D eigenvalue weighted by Gasteiger charge is -2.07. The number of anilines is 1. The molecule has 23 heavy (non-hydrogen) atoms. The third-order valence-corrected chi connectivity index (χ3v) is 3.51. The molecule has 1 N–H and O–H groups in total. The average Bonchev–Trinajstić information content (AvgIpc) is 2.96. The third kappa shape index (κ3) is 2.97. The van der Waals surface area contributed by atoms with E-state index in [-0.39, 0.29) is 5.91 Å². The third-order valence-electron chi connectivity index (χ3n) is 3.51. The summed E-state index contributed by atoms with van der Waals surface area (Å²) in [6.45, 7) is 1.89. The molecule has 2 aromatic carbocycles. The van der Waals surface area contributed by atoms with Crippen molar-refractivity contribution in [2.24, 2.45) is 0 Å². The molecule has 0 aliphatic carbocycles. The molecule has 0 radical (unpaired) electrons. The smallest absolute Gasteiger partial charge is 0.255 e. The van der Waals surface area contributed by atoms with E-state index in [0.29, 0.717) is 16.8 Å². The van der Waals surface area contributed by atoms with Crippen LogP contribution in [0.1, 0.15) is 21.6 Å². The summed E-state index contributed by atoms with van der Waals surface area (Å²) >= 11 is 0.